The Kier molecular flexibility index (Phi) is 7.19. The summed E-state index contributed by atoms with van der Waals surface area (Å²) in [6.07, 6.45) is 7.99. The molecule has 0 aliphatic carbocycles. The smallest absolute Gasteiger partial charge is 0.320 e. The minimum atomic E-state index is -0.765. The van der Waals surface area contributed by atoms with Crippen LogP contribution in [0.2, 0.25) is 5.02 Å². The number of piperidine rings is 1. The van der Waals surface area contributed by atoms with Gasteiger partial charge in [0.05, 0.1) is 11.3 Å². The summed E-state index contributed by atoms with van der Waals surface area (Å²) in [6, 6.07) is 19.2. The molecule has 4 rings (SSSR count). The van der Waals surface area contributed by atoms with Gasteiger partial charge in [-0.3, -0.25) is 14.7 Å². The first-order chi connectivity index (χ1) is 16.1. The number of pyridine rings is 1. The van der Waals surface area contributed by atoms with Crippen molar-refractivity contribution in [2.24, 2.45) is 0 Å². The molecule has 0 spiro atoms. The fourth-order valence-electron chi connectivity index (χ4n) is 4.25. The topological polar surface area (TPSA) is 77.2 Å². The molecule has 1 N–H and O–H groups in total. The van der Waals surface area contributed by atoms with Crippen LogP contribution in [0.15, 0.2) is 60.8 Å². The van der Waals surface area contributed by atoms with Crippen molar-refractivity contribution in [1.29, 1.82) is 5.26 Å². The monoisotopic (exact) mass is 457 g/mol. The molecule has 2 heterocycles. The van der Waals surface area contributed by atoms with Crippen molar-refractivity contribution in [2.45, 2.75) is 31.8 Å². The van der Waals surface area contributed by atoms with Gasteiger partial charge in [-0.2, -0.15) is 5.26 Å². The number of aliphatic carboxylic acids is 1. The Morgan fingerprint density at radius 1 is 1.18 bits per heavy atom. The molecule has 0 amide bonds. The first kappa shape index (κ1) is 22.7. The fraction of sp³-hybridized carbons (Fsp3) is 0.222. The largest absolute Gasteiger partial charge is 0.480 e. The molecule has 1 aromatic heterocycles. The van der Waals surface area contributed by atoms with Gasteiger partial charge in [0.2, 0.25) is 0 Å². The van der Waals surface area contributed by atoms with Crippen molar-refractivity contribution in [3.8, 4) is 17.2 Å². The zero-order valence-corrected chi connectivity index (χ0v) is 18.9. The molecule has 0 unspecified atom stereocenters. The van der Waals surface area contributed by atoms with Crippen LogP contribution in [0.4, 0.5) is 0 Å². The number of benzene rings is 2. The van der Waals surface area contributed by atoms with E-state index in [4.69, 9.17) is 11.6 Å². The third-order valence-electron chi connectivity index (χ3n) is 5.95. The third-order valence-corrected chi connectivity index (χ3v) is 6.27. The first-order valence-corrected chi connectivity index (χ1v) is 11.3. The number of halogens is 1. The number of nitriles is 1. The molecule has 33 heavy (non-hydrogen) atoms. The molecule has 0 saturated carbocycles. The van der Waals surface area contributed by atoms with E-state index >= 15 is 0 Å². The molecular weight excluding hydrogens is 434 g/mol. The van der Waals surface area contributed by atoms with Gasteiger partial charge >= 0.3 is 5.97 Å². The number of nitrogens with zero attached hydrogens (tertiary/aromatic N) is 3. The maximum Gasteiger partial charge on any atom is 0.320 e. The van der Waals surface area contributed by atoms with Crippen molar-refractivity contribution in [3.63, 3.8) is 0 Å². The van der Waals surface area contributed by atoms with Crippen LogP contribution in [0.1, 0.15) is 41.6 Å². The van der Waals surface area contributed by atoms with Gasteiger partial charge in [-0.15, -0.1) is 0 Å². The summed E-state index contributed by atoms with van der Waals surface area (Å²) in [5.41, 5.74) is 4.68. The van der Waals surface area contributed by atoms with Crippen LogP contribution in [0.5, 0.6) is 0 Å². The highest BCUT2D eigenvalue weighted by Gasteiger charge is 2.28. The zero-order valence-electron chi connectivity index (χ0n) is 18.1. The fourth-order valence-corrected chi connectivity index (χ4v) is 4.51. The van der Waals surface area contributed by atoms with Gasteiger partial charge in [-0.25, -0.2) is 0 Å². The van der Waals surface area contributed by atoms with Crippen LogP contribution >= 0.6 is 11.6 Å². The number of carbonyl (C=O) groups is 1. The van der Waals surface area contributed by atoms with Gasteiger partial charge in [0, 0.05) is 23.3 Å². The average Bonchev–Trinajstić information content (AvgIpc) is 2.84. The summed E-state index contributed by atoms with van der Waals surface area (Å²) in [5, 5.41) is 19.8. The summed E-state index contributed by atoms with van der Waals surface area (Å²) < 4.78 is 0. The predicted octanol–water partition coefficient (Wildman–Crippen LogP) is 5.88. The van der Waals surface area contributed by atoms with E-state index in [1.54, 1.807) is 12.3 Å². The van der Waals surface area contributed by atoms with Crippen molar-refractivity contribution in [3.05, 3.63) is 88.2 Å². The molecular formula is C27H24ClN3O2. The lowest BCUT2D eigenvalue weighted by Gasteiger charge is -2.32. The van der Waals surface area contributed by atoms with Crippen LogP contribution in [0.25, 0.3) is 23.3 Å². The van der Waals surface area contributed by atoms with Crippen LogP contribution in [0.3, 0.4) is 0 Å². The molecule has 3 aromatic rings. The van der Waals surface area contributed by atoms with E-state index < -0.39 is 12.0 Å². The van der Waals surface area contributed by atoms with Crippen molar-refractivity contribution < 1.29 is 9.90 Å². The number of rotatable bonds is 6. The zero-order chi connectivity index (χ0) is 23.2. The molecule has 5 nitrogen and oxygen atoms in total. The summed E-state index contributed by atoms with van der Waals surface area (Å²) >= 11 is 6.54. The first-order valence-electron chi connectivity index (χ1n) is 10.9. The second-order valence-corrected chi connectivity index (χ2v) is 8.51. The van der Waals surface area contributed by atoms with E-state index in [1.807, 2.05) is 65.6 Å². The normalized spacial score (nSPS) is 16.5. The Hall–Kier alpha value is -3.46. The molecule has 2 aromatic carbocycles. The number of carboxylic acids is 1. The summed E-state index contributed by atoms with van der Waals surface area (Å²) in [7, 11) is 0. The van der Waals surface area contributed by atoms with Gasteiger partial charge in [0.15, 0.2) is 0 Å². The highest BCUT2D eigenvalue weighted by atomic mass is 35.5. The molecule has 1 fully saturated rings. The van der Waals surface area contributed by atoms with E-state index in [2.05, 4.69) is 11.1 Å². The van der Waals surface area contributed by atoms with Gasteiger partial charge in [-0.1, -0.05) is 66.6 Å². The number of carboxylic acid groups (broad SMARTS) is 1. The van der Waals surface area contributed by atoms with E-state index in [-0.39, 0.29) is 0 Å². The van der Waals surface area contributed by atoms with Crippen molar-refractivity contribution in [2.75, 3.05) is 6.54 Å². The summed E-state index contributed by atoms with van der Waals surface area (Å²) in [6.45, 7) is 1.33. The Bertz CT molecular complexity index is 1220. The molecule has 166 valence electrons. The average molecular weight is 458 g/mol. The summed E-state index contributed by atoms with van der Waals surface area (Å²) in [5.74, 6) is -0.765. The quantitative estimate of drug-likeness (QED) is 0.499. The predicted molar refractivity (Wildman–Crippen MR) is 130 cm³/mol. The minimum Gasteiger partial charge on any atom is -0.480 e. The SMILES string of the molecule is N#Cc1c(-c2ccccc2)ccnc1/C=C/c1ccc(CN2CCCC[C@H]2C(=O)O)cc1Cl. The second kappa shape index (κ2) is 10.4. The van der Waals surface area contributed by atoms with E-state index in [1.165, 1.54) is 0 Å². The second-order valence-electron chi connectivity index (χ2n) is 8.11. The van der Waals surface area contributed by atoms with E-state index in [9.17, 15) is 15.2 Å². The van der Waals surface area contributed by atoms with Crippen LogP contribution in [0, 0.1) is 11.3 Å². The third kappa shape index (κ3) is 5.31. The van der Waals surface area contributed by atoms with E-state index in [0.29, 0.717) is 29.2 Å². The minimum absolute atomic E-state index is 0.440. The lowest BCUT2D eigenvalue weighted by molar-refractivity contribution is -0.144. The highest BCUT2D eigenvalue weighted by molar-refractivity contribution is 6.32. The van der Waals surface area contributed by atoms with Crippen LogP contribution < -0.4 is 0 Å². The standard InChI is InChI=1S/C27H24ClN3O2/c28-24-16-19(18-31-15-5-4-8-26(31)27(32)33)9-10-21(24)11-12-25-23(17-29)22(13-14-30-25)20-6-2-1-3-7-20/h1-3,6-7,9-14,16,26H,4-5,8,15,18H2,(H,32,33)/b12-11+/t26-/m0/s1. The molecule has 1 saturated heterocycles. The van der Waals surface area contributed by atoms with E-state index in [0.717, 1.165) is 41.6 Å². The molecule has 0 radical (unpaired) electrons. The molecule has 6 heteroatoms. The van der Waals surface area contributed by atoms with Crippen molar-refractivity contribution in [1.82, 2.24) is 9.88 Å². The molecule has 0 bridgehead atoms. The molecule has 1 atom stereocenters. The number of aromatic nitrogens is 1. The number of hydrogen-bond donors (Lipinski definition) is 1. The number of hydrogen-bond acceptors (Lipinski definition) is 4. The Morgan fingerprint density at radius 3 is 2.73 bits per heavy atom. The Labute approximate surface area is 198 Å². The number of likely N-dealkylation sites (tertiary alicyclic amines) is 1. The maximum atomic E-state index is 11.6. The molecule has 1 aliphatic heterocycles. The molecule has 1 aliphatic rings. The van der Waals surface area contributed by atoms with Gasteiger partial charge < -0.3 is 5.11 Å². The lowest BCUT2D eigenvalue weighted by Crippen LogP contribution is -2.43. The van der Waals surface area contributed by atoms with Gasteiger partial charge in [-0.05, 0) is 54.3 Å². The maximum absolute atomic E-state index is 11.6. The van der Waals surface area contributed by atoms with Gasteiger partial charge in [0.1, 0.15) is 12.1 Å². The Balaban J connectivity index is 1.55. The van der Waals surface area contributed by atoms with Gasteiger partial charge in [0.25, 0.3) is 0 Å². The summed E-state index contributed by atoms with van der Waals surface area (Å²) in [4.78, 5) is 17.9. The lowest BCUT2D eigenvalue weighted by atomic mass is 9.99. The highest BCUT2D eigenvalue weighted by Crippen LogP contribution is 2.27. The van der Waals surface area contributed by atoms with Crippen molar-refractivity contribution >= 4 is 29.7 Å². The van der Waals surface area contributed by atoms with Crippen LogP contribution in [-0.2, 0) is 11.3 Å². The van der Waals surface area contributed by atoms with Crippen LogP contribution in [-0.4, -0.2) is 33.5 Å². The Morgan fingerprint density at radius 2 is 2.00 bits per heavy atom.